The third-order valence-electron chi connectivity index (χ3n) is 2.64. The lowest BCUT2D eigenvalue weighted by molar-refractivity contribution is 0.778. The average Bonchev–Trinajstić information content (AvgIpc) is 2.38. The average molecular weight is 294 g/mol. The normalized spacial score (nSPS) is 12.2. The fourth-order valence-electron chi connectivity index (χ4n) is 1.83. The Balaban J connectivity index is 2.02. The fourth-order valence-corrected chi connectivity index (χ4v) is 2.45. The second kappa shape index (κ2) is 6.78. The maximum atomic E-state index is 5.97. The van der Waals surface area contributed by atoms with Crippen LogP contribution in [0.15, 0.2) is 41.6 Å². The van der Waals surface area contributed by atoms with Crippen molar-refractivity contribution in [3.8, 4) is 0 Å². The highest BCUT2D eigenvalue weighted by Crippen LogP contribution is 2.18. The molecule has 1 unspecified atom stereocenters. The van der Waals surface area contributed by atoms with Gasteiger partial charge in [0.15, 0.2) is 5.16 Å². The second-order valence-electron chi connectivity index (χ2n) is 4.30. The van der Waals surface area contributed by atoms with Crippen molar-refractivity contribution < 1.29 is 0 Å². The Kier molecular flexibility index (Phi) is 5.05. The van der Waals surface area contributed by atoms with Crippen LogP contribution in [0.25, 0.3) is 0 Å². The van der Waals surface area contributed by atoms with Gasteiger partial charge >= 0.3 is 0 Å². The maximum absolute atomic E-state index is 5.97. The highest BCUT2D eigenvalue weighted by molar-refractivity contribution is 7.98. The van der Waals surface area contributed by atoms with Gasteiger partial charge in [0.2, 0.25) is 0 Å². The van der Waals surface area contributed by atoms with Gasteiger partial charge in [-0.2, -0.15) is 0 Å². The van der Waals surface area contributed by atoms with Gasteiger partial charge < -0.3 is 5.32 Å². The van der Waals surface area contributed by atoms with Crippen LogP contribution in [0.4, 0.5) is 5.82 Å². The number of nitrogens with one attached hydrogen (secondary N) is 1. The molecule has 2 aromatic rings. The number of hydrogen-bond donors (Lipinski definition) is 1. The zero-order chi connectivity index (χ0) is 13.7. The summed E-state index contributed by atoms with van der Waals surface area (Å²) < 4.78 is 0. The molecular formula is C14H16ClN3S. The Morgan fingerprint density at radius 1 is 1.26 bits per heavy atom. The van der Waals surface area contributed by atoms with Crippen LogP contribution in [-0.4, -0.2) is 22.3 Å². The monoisotopic (exact) mass is 293 g/mol. The van der Waals surface area contributed by atoms with E-state index >= 15 is 0 Å². The summed E-state index contributed by atoms with van der Waals surface area (Å²) >= 11 is 7.45. The summed E-state index contributed by atoms with van der Waals surface area (Å²) in [5, 5.41) is 4.51. The molecule has 100 valence electrons. The van der Waals surface area contributed by atoms with Crippen molar-refractivity contribution in [2.24, 2.45) is 0 Å². The molecule has 1 atom stereocenters. The molecule has 0 spiro atoms. The minimum atomic E-state index is 0.281. The molecule has 0 fully saturated rings. The third kappa shape index (κ3) is 4.40. The summed E-state index contributed by atoms with van der Waals surface area (Å²) in [4.78, 5) is 8.51. The molecule has 0 amide bonds. The van der Waals surface area contributed by atoms with Crippen molar-refractivity contribution in [1.82, 2.24) is 9.97 Å². The maximum Gasteiger partial charge on any atom is 0.190 e. The Bertz CT molecular complexity index is 533. The van der Waals surface area contributed by atoms with Gasteiger partial charge in [0.25, 0.3) is 0 Å². The van der Waals surface area contributed by atoms with Crippen molar-refractivity contribution in [3.05, 3.63) is 47.1 Å². The predicted octanol–water partition coefficient (Wildman–Crippen LogP) is 3.90. The van der Waals surface area contributed by atoms with E-state index in [-0.39, 0.29) is 6.04 Å². The Labute approximate surface area is 122 Å². The molecular weight excluding hydrogens is 278 g/mol. The van der Waals surface area contributed by atoms with Crippen LogP contribution >= 0.6 is 23.4 Å². The van der Waals surface area contributed by atoms with Crippen molar-refractivity contribution in [1.29, 1.82) is 0 Å². The van der Waals surface area contributed by atoms with Crippen LogP contribution in [0.3, 0.4) is 0 Å². The molecule has 3 nitrogen and oxygen atoms in total. The van der Waals surface area contributed by atoms with Crippen LogP contribution in [0.1, 0.15) is 12.5 Å². The summed E-state index contributed by atoms with van der Waals surface area (Å²) in [5.41, 5.74) is 1.30. The number of halogens is 1. The van der Waals surface area contributed by atoms with Gasteiger partial charge in [-0.1, -0.05) is 53.7 Å². The van der Waals surface area contributed by atoms with Gasteiger partial charge in [-0.25, -0.2) is 9.97 Å². The number of benzene rings is 1. The lowest BCUT2D eigenvalue weighted by atomic mass is 10.1. The Morgan fingerprint density at radius 2 is 2.00 bits per heavy atom. The molecule has 19 heavy (non-hydrogen) atoms. The second-order valence-corrected chi connectivity index (χ2v) is 5.46. The first kappa shape index (κ1) is 14.2. The van der Waals surface area contributed by atoms with E-state index in [9.17, 15) is 0 Å². The fraction of sp³-hybridized carbons (Fsp3) is 0.286. The molecule has 0 saturated carbocycles. The van der Waals surface area contributed by atoms with Gasteiger partial charge in [0.1, 0.15) is 11.0 Å². The van der Waals surface area contributed by atoms with E-state index in [0.717, 1.165) is 12.2 Å². The number of anilines is 1. The molecule has 2 rings (SSSR count). The molecule has 1 heterocycles. The van der Waals surface area contributed by atoms with Crippen LogP contribution in [0, 0.1) is 0 Å². The summed E-state index contributed by atoms with van der Waals surface area (Å²) in [6, 6.07) is 12.4. The van der Waals surface area contributed by atoms with E-state index in [0.29, 0.717) is 10.3 Å². The first-order valence-corrected chi connectivity index (χ1v) is 7.66. The van der Waals surface area contributed by atoms with Gasteiger partial charge in [0.05, 0.1) is 0 Å². The lowest BCUT2D eigenvalue weighted by Gasteiger charge is -2.15. The van der Waals surface area contributed by atoms with Crippen LogP contribution in [-0.2, 0) is 6.42 Å². The smallest absolute Gasteiger partial charge is 0.190 e. The quantitative estimate of drug-likeness (QED) is 0.515. The third-order valence-corrected chi connectivity index (χ3v) is 3.38. The first-order valence-electron chi connectivity index (χ1n) is 6.06. The van der Waals surface area contributed by atoms with E-state index in [1.54, 1.807) is 6.07 Å². The minimum Gasteiger partial charge on any atom is -0.367 e. The van der Waals surface area contributed by atoms with Crippen molar-refractivity contribution in [2.45, 2.75) is 24.5 Å². The minimum absolute atomic E-state index is 0.281. The summed E-state index contributed by atoms with van der Waals surface area (Å²) in [6.07, 6.45) is 2.87. The molecule has 0 aliphatic heterocycles. The van der Waals surface area contributed by atoms with Gasteiger partial charge in [-0.3, -0.25) is 0 Å². The van der Waals surface area contributed by atoms with Crippen molar-refractivity contribution in [3.63, 3.8) is 0 Å². The summed E-state index contributed by atoms with van der Waals surface area (Å²) in [6.45, 7) is 2.13. The molecule has 5 heteroatoms. The number of hydrogen-bond acceptors (Lipinski definition) is 4. The molecule has 1 aromatic heterocycles. The van der Waals surface area contributed by atoms with Gasteiger partial charge in [-0.05, 0) is 25.2 Å². The number of rotatable bonds is 5. The van der Waals surface area contributed by atoms with Crippen molar-refractivity contribution >= 4 is 29.2 Å². The molecule has 0 saturated heterocycles. The molecule has 0 aliphatic rings. The Hall–Kier alpha value is -1.26. The molecule has 0 aliphatic carbocycles. The van der Waals surface area contributed by atoms with E-state index in [1.807, 2.05) is 12.3 Å². The zero-order valence-electron chi connectivity index (χ0n) is 10.9. The standard InChI is InChI=1S/C14H16ClN3S/c1-10(8-11-6-4-3-5-7-11)16-13-9-12(15)17-14(18-13)19-2/h3-7,9-10H,8H2,1-2H3,(H,16,17,18). The SMILES string of the molecule is CSc1nc(Cl)cc(NC(C)Cc2ccccc2)n1. The number of aromatic nitrogens is 2. The molecule has 1 N–H and O–H groups in total. The largest absolute Gasteiger partial charge is 0.367 e. The summed E-state index contributed by atoms with van der Waals surface area (Å²) in [7, 11) is 0. The molecule has 0 radical (unpaired) electrons. The lowest BCUT2D eigenvalue weighted by Crippen LogP contribution is -2.19. The highest BCUT2D eigenvalue weighted by atomic mass is 35.5. The van der Waals surface area contributed by atoms with E-state index in [4.69, 9.17) is 11.6 Å². The topological polar surface area (TPSA) is 37.8 Å². The van der Waals surface area contributed by atoms with Crippen molar-refractivity contribution in [2.75, 3.05) is 11.6 Å². The first-order chi connectivity index (χ1) is 9.17. The summed E-state index contributed by atoms with van der Waals surface area (Å²) in [5.74, 6) is 0.771. The van der Waals surface area contributed by atoms with Crippen LogP contribution in [0.5, 0.6) is 0 Å². The van der Waals surface area contributed by atoms with E-state index < -0.39 is 0 Å². The van der Waals surface area contributed by atoms with E-state index in [1.165, 1.54) is 17.3 Å². The van der Waals surface area contributed by atoms with Crippen LogP contribution in [0.2, 0.25) is 5.15 Å². The predicted molar refractivity (Wildman–Crippen MR) is 82.1 cm³/mol. The zero-order valence-corrected chi connectivity index (χ0v) is 12.5. The van der Waals surface area contributed by atoms with Crippen LogP contribution < -0.4 is 5.32 Å². The highest BCUT2D eigenvalue weighted by Gasteiger charge is 2.07. The van der Waals surface area contributed by atoms with Gasteiger partial charge in [0, 0.05) is 12.1 Å². The molecule has 0 bridgehead atoms. The van der Waals surface area contributed by atoms with E-state index in [2.05, 4.69) is 46.5 Å². The van der Waals surface area contributed by atoms with Gasteiger partial charge in [-0.15, -0.1) is 0 Å². The number of nitrogens with zero attached hydrogens (tertiary/aromatic N) is 2. The Morgan fingerprint density at radius 3 is 2.68 bits per heavy atom. The molecule has 1 aromatic carbocycles. The number of thioether (sulfide) groups is 1.